The van der Waals surface area contributed by atoms with E-state index < -0.39 is 0 Å². The molecule has 1 amide bonds. The van der Waals surface area contributed by atoms with E-state index in [1.807, 2.05) is 23.1 Å². The largest absolute Gasteiger partial charge is 0.356 e. The lowest BCUT2D eigenvalue weighted by Gasteiger charge is -2.34. The second kappa shape index (κ2) is 6.61. The molecule has 6 nitrogen and oxygen atoms in total. The molecule has 0 bridgehead atoms. The molecule has 6 heteroatoms. The van der Waals surface area contributed by atoms with Crippen LogP contribution in [-0.2, 0) is 11.2 Å². The van der Waals surface area contributed by atoms with Gasteiger partial charge in [-0.2, -0.15) is 0 Å². The number of hydrogen-bond acceptors (Lipinski definition) is 5. The second-order valence-corrected chi connectivity index (χ2v) is 7.22. The van der Waals surface area contributed by atoms with Crippen LogP contribution in [0.5, 0.6) is 0 Å². The summed E-state index contributed by atoms with van der Waals surface area (Å²) in [7, 11) is 0. The number of anilines is 2. The second-order valence-electron chi connectivity index (χ2n) is 7.22. The molecule has 27 heavy (non-hydrogen) atoms. The SMILES string of the molecule is O=C(C1CCN(c2ncnc3cnccc23)CC1)N1CCc2ccccc21. The molecule has 0 aliphatic carbocycles. The van der Waals surface area contributed by atoms with Crippen LogP contribution >= 0.6 is 0 Å². The standard InChI is InChI=1S/C21H21N5O/c27-21(26-12-8-15-3-1-2-4-19(15)26)16-6-10-25(11-7-16)20-17-5-9-22-13-18(17)23-14-24-20/h1-5,9,13-14,16H,6-8,10-12H2. The lowest BCUT2D eigenvalue weighted by atomic mass is 9.95. The minimum atomic E-state index is 0.0853. The average Bonchev–Trinajstić information content (AvgIpc) is 3.17. The molecule has 3 aromatic rings. The van der Waals surface area contributed by atoms with Crippen LogP contribution in [0, 0.1) is 5.92 Å². The number of aromatic nitrogens is 3. The number of benzene rings is 1. The summed E-state index contributed by atoms with van der Waals surface area (Å²) in [4.78, 5) is 30.3. The van der Waals surface area contributed by atoms with Crippen LogP contribution in [0.15, 0.2) is 49.1 Å². The Morgan fingerprint density at radius 1 is 1.04 bits per heavy atom. The Bertz CT molecular complexity index is 991. The molecule has 0 saturated carbocycles. The van der Waals surface area contributed by atoms with Gasteiger partial charge in [-0.15, -0.1) is 0 Å². The summed E-state index contributed by atoms with van der Waals surface area (Å²) in [6.07, 6.45) is 7.81. The van der Waals surface area contributed by atoms with Gasteiger partial charge in [0, 0.05) is 42.8 Å². The number of carbonyl (C=O) groups is 1. The van der Waals surface area contributed by atoms with Crippen LogP contribution in [0.4, 0.5) is 11.5 Å². The highest BCUT2D eigenvalue weighted by atomic mass is 16.2. The van der Waals surface area contributed by atoms with E-state index in [-0.39, 0.29) is 11.8 Å². The zero-order valence-corrected chi connectivity index (χ0v) is 15.1. The number of fused-ring (bicyclic) bond motifs is 2. The first-order valence-corrected chi connectivity index (χ1v) is 9.50. The van der Waals surface area contributed by atoms with Crippen molar-refractivity contribution in [3.8, 4) is 0 Å². The first-order valence-electron chi connectivity index (χ1n) is 9.50. The molecule has 136 valence electrons. The Labute approximate surface area is 157 Å². The van der Waals surface area contributed by atoms with E-state index in [0.29, 0.717) is 0 Å². The summed E-state index contributed by atoms with van der Waals surface area (Å²) in [6, 6.07) is 10.2. The molecule has 1 aromatic carbocycles. The third kappa shape index (κ3) is 2.81. The Morgan fingerprint density at radius 2 is 1.89 bits per heavy atom. The van der Waals surface area contributed by atoms with Crippen molar-refractivity contribution in [1.82, 2.24) is 15.0 Å². The maximum absolute atomic E-state index is 13.1. The third-order valence-corrected chi connectivity index (χ3v) is 5.71. The van der Waals surface area contributed by atoms with Crippen molar-refractivity contribution >= 4 is 28.3 Å². The van der Waals surface area contributed by atoms with Gasteiger partial charge in [0.05, 0.1) is 11.7 Å². The van der Waals surface area contributed by atoms with E-state index in [9.17, 15) is 4.79 Å². The summed E-state index contributed by atoms with van der Waals surface area (Å²) in [5.41, 5.74) is 3.23. The number of hydrogen-bond donors (Lipinski definition) is 0. The topological polar surface area (TPSA) is 62.2 Å². The molecule has 1 fully saturated rings. The minimum Gasteiger partial charge on any atom is -0.356 e. The summed E-state index contributed by atoms with van der Waals surface area (Å²) in [5.74, 6) is 1.30. The fraction of sp³-hybridized carbons (Fsp3) is 0.333. The normalized spacial score (nSPS) is 17.3. The van der Waals surface area contributed by atoms with Crippen LogP contribution in [0.2, 0.25) is 0 Å². The highest BCUT2D eigenvalue weighted by Gasteiger charge is 2.32. The van der Waals surface area contributed by atoms with Gasteiger partial charge in [0.25, 0.3) is 0 Å². The molecular weight excluding hydrogens is 338 g/mol. The number of amides is 1. The summed E-state index contributed by atoms with van der Waals surface area (Å²) >= 11 is 0. The summed E-state index contributed by atoms with van der Waals surface area (Å²) < 4.78 is 0. The molecule has 0 N–H and O–H groups in total. The van der Waals surface area contributed by atoms with Gasteiger partial charge in [-0.05, 0) is 37.0 Å². The van der Waals surface area contributed by atoms with Crippen molar-refractivity contribution in [3.05, 3.63) is 54.6 Å². The Morgan fingerprint density at radius 3 is 2.78 bits per heavy atom. The van der Waals surface area contributed by atoms with Crippen molar-refractivity contribution < 1.29 is 4.79 Å². The molecule has 4 heterocycles. The van der Waals surface area contributed by atoms with Gasteiger partial charge >= 0.3 is 0 Å². The van der Waals surface area contributed by atoms with E-state index >= 15 is 0 Å². The van der Waals surface area contributed by atoms with Crippen LogP contribution in [-0.4, -0.2) is 40.5 Å². The number of rotatable bonds is 2. The molecule has 0 unspecified atom stereocenters. The van der Waals surface area contributed by atoms with Crippen molar-refractivity contribution in [2.45, 2.75) is 19.3 Å². The average molecular weight is 359 g/mol. The number of nitrogens with zero attached hydrogens (tertiary/aromatic N) is 5. The highest BCUT2D eigenvalue weighted by Crippen LogP contribution is 2.32. The van der Waals surface area contributed by atoms with Gasteiger partial charge in [-0.25, -0.2) is 9.97 Å². The van der Waals surface area contributed by atoms with Crippen LogP contribution in [0.1, 0.15) is 18.4 Å². The van der Waals surface area contributed by atoms with Crippen LogP contribution in [0.25, 0.3) is 10.9 Å². The van der Waals surface area contributed by atoms with Crippen molar-refractivity contribution in [1.29, 1.82) is 0 Å². The number of carbonyl (C=O) groups excluding carboxylic acids is 1. The maximum Gasteiger partial charge on any atom is 0.230 e. The zero-order chi connectivity index (χ0) is 18.2. The minimum absolute atomic E-state index is 0.0853. The fourth-order valence-electron chi connectivity index (χ4n) is 4.27. The van der Waals surface area contributed by atoms with E-state index in [1.54, 1.807) is 18.7 Å². The summed E-state index contributed by atoms with van der Waals surface area (Å²) in [6.45, 7) is 2.47. The van der Waals surface area contributed by atoms with Crippen molar-refractivity contribution in [3.63, 3.8) is 0 Å². The predicted octanol–water partition coefficient (Wildman–Crippen LogP) is 2.83. The van der Waals surface area contributed by atoms with Gasteiger partial charge in [0.2, 0.25) is 5.91 Å². The molecule has 2 aliphatic rings. The zero-order valence-electron chi connectivity index (χ0n) is 15.1. The smallest absolute Gasteiger partial charge is 0.230 e. The molecule has 2 aliphatic heterocycles. The first-order chi connectivity index (χ1) is 13.3. The number of piperidine rings is 1. The molecule has 0 spiro atoms. The Kier molecular flexibility index (Phi) is 3.96. The van der Waals surface area contributed by atoms with Crippen LogP contribution < -0.4 is 9.80 Å². The molecule has 0 radical (unpaired) electrons. The first kappa shape index (κ1) is 16.2. The molecule has 0 atom stereocenters. The van der Waals surface area contributed by atoms with Gasteiger partial charge < -0.3 is 9.80 Å². The predicted molar refractivity (Wildman–Crippen MR) is 105 cm³/mol. The van der Waals surface area contributed by atoms with Gasteiger partial charge in [-0.1, -0.05) is 18.2 Å². The monoisotopic (exact) mass is 359 g/mol. The third-order valence-electron chi connectivity index (χ3n) is 5.71. The quantitative estimate of drug-likeness (QED) is 0.704. The van der Waals surface area contributed by atoms with E-state index in [1.165, 1.54) is 5.56 Å². The molecule has 2 aromatic heterocycles. The highest BCUT2D eigenvalue weighted by molar-refractivity contribution is 5.97. The Balaban J connectivity index is 1.31. The van der Waals surface area contributed by atoms with E-state index in [0.717, 1.165) is 61.3 Å². The summed E-state index contributed by atoms with van der Waals surface area (Å²) in [5, 5.41) is 1.02. The van der Waals surface area contributed by atoms with Crippen molar-refractivity contribution in [2.24, 2.45) is 5.92 Å². The van der Waals surface area contributed by atoms with Gasteiger partial charge in [-0.3, -0.25) is 9.78 Å². The van der Waals surface area contributed by atoms with Crippen LogP contribution in [0.3, 0.4) is 0 Å². The molecule has 5 rings (SSSR count). The number of para-hydroxylation sites is 1. The fourth-order valence-corrected chi connectivity index (χ4v) is 4.27. The lowest BCUT2D eigenvalue weighted by molar-refractivity contribution is -0.122. The van der Waals surface area contributed by atoms with Gasteiger partial charge in [0.15, 0.2) is 0 Å². The lowest BCUT2D eigenvalue weighted by Crippen LogP contribution is -2.42. The maximum atomic E-state index is 13.1. The molecule has 1 saturated heterocycles. The Hall–Kier alpha value is -3.02. The van der Waals surface area contributed by atoms with E-state index in [4.69, 9.17) is 0 Å². The van der Waals surface area contributed by atoms with E-state index in [2.05, 4.69) is 32.0 Å². The van der Waals surface area contributed by atoms with Crippen molar-refractivity contribution in [2.75, 3.05) is 29.4 Å². The molecular formula is C21H21N5O. The number of pyridine rings is 1. The van der Waals surface area contributed by atoms with Gasteiger partial charge in [0.1, 0.15) is 12.1 Å².